The molecule has 3 aromatic heterocycles. The fourth-order valence-electron chi connectivity index (χ4n) is 2.09. The molecule has 3 heterocycles. The minimum Gasteiger partial charge on any atom is -0.384 e. The summed E-state index contributed by atoms with van der Waals surface area (Å²) in [5.41, 5.74) is 6.59. The lowest BCUT2D eigenvalue weighted by Gasteiger charge is -2.06. The number of nitrogen functional groups attached to an aromatic ring is 1. The van der Waals surface area contributed by atoms with Gasteiger partial charge in [-0.1, -0.05) is 5.92 Å². The molecule has 0 bridgehead atoms. The fourth-order valence-corrected chi connectivity index (χ4v) is 2.09. The number of anilines is 2. The van der Waals surface area contributed by atoms with Crippen LogP contribution in [0.5, 0.6) is 0 Å². The quantitative estimate of drug-likeness (QED) is 0.709. The minimum atomic E-state index is -2.69. The van der Waals surface area contributed by atoms with Gasteiger partial charge in [-0.3, -0.25) is 0 Å². The molecule has 3 N–H and O–H groups in total. The van der Waals surface area contributed by atoms with E-state index < -0.39 is 6.55 Å². The Balaban J connectivity index is 2.07. The van der Waals surface area contributed by atoms with Gasteiger partial charge in [0.1, 0.15) is 17.3 Å². The molecule has 0 radical (unpaired) electrons. The van der Waals surface area contributed by atoms with Gasteiger partial charge in [0.2, 0.25) is 0 Å². The Morgan fingerprint density at radius 2 is 2.04 bits per heavy atom. The topological polar surface area (TPSA) is 81.7 Å². The number of alkyl halides is 2. The van der Waals surface area contributed by atoms with E-state index in [4.69, 9.17) is 5.73 Å². The third-order valence-corrected chi connectivity index (χ3v) is 3.16. The summed E-state index contributed by atoms with van der Waals surface area (Å²) < 4.78 is 25.5. The maximum Gasteiger partial charge on any atom is 0.333 e. The van der Waals surface area contributed by atoms with Crippen LogP contribution in [-0.4, -0.2) is 26.8 Å². The highest BCUT2D eigenvalue weighted by Crippen LogP contribution is 2.24. The lowest BCUT2D eigenvalue weighted by molar-refractivity contribution is 0.0565. The summed E-state index contributed by atoms with van der Waals surface area (Å²) in [6.07, 6.45) is 4.38. The lowest BCUT2D eigenvalue weighted by Crippen LogP contribution is -1.98. The molecule has 0 saturated heterocycles. The number of pyridine rings is 2. The number of nitrogens with zero attached hydrogens (tertiary/aromatic N) is 4. The van der Waals surface area contributed by atoms with Gasteiger partial charge in [-0.05, 0) is 18.1 Å². The molecule has 0 unspecified atom stereocenters. The van der Waals surface area contributed by atoms with E-state index in [-0.39, 0.29) is 5.69 Å². The van der Waals surface area contributed by atoms with Gasteiger partial charge in [0.15, 0.2) is 0 Å². The van der Waals surface area contributed by atoms with Gasteiger partial charge in [-0.15, -0.1) is 0 Å². The Morgan fingerprint density at radius 1 is 1.22 bits per heavy atom. The van der Waals surface area contributed by atoms with Crippen LogP contribution in [0.15, 0.2) is 30.7 Å². The zero-order chi connectivity index (χ0) is 16.4. The van der Waals surface area contributed by atoms with Crippen molar-refractivity contribution in [3.8, 4) is 11.8 Å². The molecule has 0 atom stereocenters. The molecule has 3 rings (SSSR count). The van der Waals surface area contributed by atoms with Crippen molar-refractivity contribution in [3.05, 3.63) is 42.0 Å². The van der Waals surface area contributed by atoms with Crippen LogP contribution < -0.4 is 11.1 Å². The Hall–Kier alpha value is -3.21. The van der Waals surface area contributed by atoms with E-state index in [9.17, 15) is 8.78 Å². The largest absolute Gasteiger partial charge is 0.384 e. The lowest BCUT2D eigenvalue weighted by atomic mass is 10.1. The summed E-state index contributed by atoms with van der Waals surface area (Å²) in [5, 5.41) is 8.19. The second-order valence-corrected chi connectivity index (χ2v) is 4.63. The second kappa shape index (κ2) is 5.88. The zero-order valence-electron chi connectivity index (χ0n) is 12.1. The van der Waals surface area contributed by atoms with Gasteiger partial charge in [0, 0.05) is 36.4 Å². The van der Waals surface area contributed by atoms with Crippen LogP contribution in [0.2, 0.25) is 0 Å². The highest BCUT2D eigenvalue weighted by molar-refractivity contribution is 5.96. The first-order valence-electron chi connectivity index (χ1n) is 6.66. The number of hydrogen-bond acceptors (Lipinski definition) is 5. The highest BCUT2D eigenvalue weighted by atomic mass is 19.3. The molecule has 0 aliphatic carbocycles. The van der Waals surface area contributed by atoms with Crippen LogP contribution in [-0.2, 0) is 0 Å². The maximum atomic E-state index is 12.5. The molecule has 0 amide bonds. The number of halogens is 2. The molecule has 0 aliphatic heterocycles. The van der Waals surface area contributed by atoms with Gasteiger partial charge >= 0.3 is 6.55 Å². The Morgan fingerprint density at radius 3 is 2.74 bits per heavy atom. The first-order valence-corrected chi connectivity index (χ1v) is 6.66. The predicted octanol–water partition coefficient (Wildman–Crippen LogP) is 2.25. The maximum absolute atomic E-state index is 12.5. The first kappa shape index (κ1) is 14.7. The van der Waals surface area contributed by atoms with Gasteiger partial charge < -0.3 is 11.1 Å². The van der Waals surface area contributed by atoms with Crippen LogP contribution in [0.4, 0.5) is 20.4 Å². The Labute approximate surface area is 130 Å². The van der Waals surface area contributed by atoms with Crippen molar-refractivity contribution in [2.24, 2.45) is 0 Å². The molecule has 116 valence electrons. The van der Waals surface area contributed by atoms with Crippen molar-refractivity contribution in [3.63, 3.8) is 0 Å². The highest BCUT2D eigenvalue weighted by Gasteiger charge is 2.08. The number of nitrogens with two attached hydrogens (primary N) is 1. The monoisotopic (exact) mass is 314 g/mol. The van der Waals surface area contributed by atoms with Gasteiger partial charge in [0.25, 0.3) is 0 Å². The van der Waals surface area contributed by atoms with Gasteiger partial charge in [-0.25, -0.2) is 14.6 Å². The van der Waals surface area contributed by atoms with E-state index in [2.05, 4.69) is 32.2 Å². The average Bonchev–Trinajstić information content (AvgIpc) is 3.01. The molecule has 0 fully saturated rings. The summed E-state index contributed by atoms with van der Waals surface area (Å²) in [6, 6.07) is 3.12. The number of fused-ring (bicyclic) bond motifs is 1. The smallest absolute Gasteiger partial charge is 0.333 e. The standard InChI is InChI=1S/C15H12F2N6/c1-19-14-12-8-20-13(18)6-11(12)9(7-21-14)2-3-10-4-5-23(22-10)15(16)17/h4-8,15H,1H3,(H2,18,20)(H,19,21). The molecule has 3 aromatic rings. The van der Waals surface area contributed by atoms with Crippen molar-refractivity contribution in [2.75, 3.05) is 18.1 Å². The van der Waals surface area contributed by atoms with Crippen molar-refractivity contribution in [1.82, 2.24) is 19.7 Å². The second-order valence-electron chi connectivity index (χ2n) is 4.63. The Bertz CT molecular complexity index is 923. The van der Waals surface area contributed by atoms with E-state index in [1.165, 1.54) is 12.3 Å². The van der Waals surface area contributed by atoms with E-state index in [0.29, 0.717) is 21.9 Å². The summed E-state index contributed by atoms with van der Waals surface area (Å²) >= 11 is 0. The predicted molar refractivity (Wildman–Crippen MR) is 83.0 cm³/mol. The molecule has 0 saturated carbocycles. The fraction of sp³-hybridized carbons (Fsp3) is 0.133. The van der Waals surface area contributed by atoms with Crippen LogP contribution >= 0.6 is 0 Å². The van der Waals surface area contributed by atoms with Crippen LogP contribution in [0.1, 0.15) is 17.8 Å². The van der Waals surface area contributed by atoms with Crippen molar-refractivity contribution >= 4 is 22.4 Å². The summed E-state index contributed by atoms with van der Waals surface area (Å²) in [6.45, 7) is -2.69. The van der Waals surface area contributed by atoms with E-state index >= 15 is 0 Å². The number of nitrogens with one attached hydrogen (secondary N) is 1. The van der Waals surface area contributed by atoms with Crippen LogP contribution in [0.3, 0.4) is 0 Å². The summed E-state index contributed by atoms with van der Waals surface area (Å²) in [5.74, 6) is 6.65. The molecule has 0 spiro atoms. The SMILES string of the molecule is CNc1ncc(C#Cc2ccn(C(F)F)n2)c2cc(N)ncc12. The molecule has 0 aromatic carbocycles. The summed E-state index contributed by atoms with van der Waals surface area (Å²) in [7, 11) is 1.75. The number of aromatic nitrogens is 4. The number of rotatable bonds is 2. The van der Waals surface area contributed by atoms with E-state index in [0.717, 1.165) is 10.8 Å². The first-order chi connectivity index (χ1) is 11.1. The minimum absolute atomic E-state index is 0.248. The third-order valence-electron chi connectivity index (χ3n) is 3.16. The normalized spacial score (nSPS) is 10.6. The number of hydrogen-bond donors (Lipinski definition) is 2. The summed E-state index contributed by atoms with van der Waals surface area (Å²) in [4.78, 5) is 8.31. The van der Waals surface area contributed by atoms with Crippen LogP contribution in [0, 0.1) is 11.8 Å². The zero-order valence-corrected chi connectivity index (χ0v) is 12.1. The van der Waals surface area contributed by atoms with E-state index in [1.54, 1.807) is 25.5 Å². The Kier molecular flexibility index (Phi) is 3.76. The third kappa shape index (κ3) is 2.89. The molecule has 6 nitrogen and oxygen atoms in total. The molecule has 0 aliphatic rings. The molecule has 23 heavy (non-hydrogen) atoms. The molecular formula is C15H12F2N6. The van der Waals surface area contributed by atoms with Crippen LogP contribution in [0.25, 0.3) is 10.8 Å². The van der Waals surface area contributed by atoms with Crippen molar-refractivity contribution < 1.29 is 8.78 Å². The van der Waals surface area contributed by atoms with Crippen molar-refractivity contribution in [2.45, 2.75) is 6.55 Å². The van der Waals surface area contributed by atoms with Crippen molar-refractivity contribution in [1.29, 1.82) is 0 Å². The van der Waals surface area contributed by atoms with Gasteiger partial charge in [-0.2, -0.15) is 13.9 Å². The average molecular weight is 314 g/mol. The van der Waals surface area contributed by atoms with E-state index in [1.807, 2.05) is 0 Å². The van der Waals surface area contributed by atoms with Gasteiger partial charge in [0.05, 0.1) is 5.56 Å². The molecule has 8 heteroatoms. The molecular weight excluding hydrogens is 302 g/mol.